The van der Waals surface area contributed by atoms with Gasteiger partial charge in [0, 0.05) is 24.9 Å². The van der Waals surface area contributed by atoms with Crippen molar-refractivity contribution in [1.29, 1.82) is 0 Å². The molecular weight excluding hydrogens is 258 g/mol. The molecule has 0 saturated carbocycles. The van der Waals surface area contributed by atoms with Crippen molar-refractivity contribution in [2.45, 2.75) is 39.0 Å². The zero-order valence-corrected chi connectivity index (χ0v) is 11.1. The fraction of sp³-hybridized carbons (Fsp3) is 0.909. The Morgan fingerprint density at radius 1 is 1.47 bits per heavy atom. The molecule has 0 aliphatic carbocycles. The summed E-state index contributed by atoms with van der Waals surface area (Å²) in [6.07, 6.45) is 4.37. The van der Waals surface area contributed by atoms with Crippen molar-refractivity contribution >= 4 is 21.8 Å². The highest BCUT2D eigenvalue weighted by atomic mass is 79.9. The standard InChI is InChI=1S/C11H22BrNO2/c1-2-10(6-8-14)9-13-11(15)5-3-4-7-12/h10,14H,2-9H2,1H3,(H,13,15). The van der Waals surface area contributed by atoms with Gasteiger partial charge in [0.05, 0.1) is 0 Å². The van der Waals surface area contributed by atoms with Gasteiger partial charge in [0.15, 0.2) is 0 Å². The van der Waals surface area contributed by atoms with Crippen LogP contribution in [-0.4, -0.2) is 29.5 Å². The van der Waals surface area contributed by atoms with E-state index in [2.05, 4.69) is 28.2 Å². The molecule has 0 aliphatic heterocycles. The lowest BCUT2D eigenvalue weighted by molar-refractivity contribution is -0.121. The fourth-order valence-corrected chi connectivity index (χ4v) is 1.76. The molecule has 0 radical (unpaired) electrons. The van der Waals surface area contributed by atoms with Crippen LogP contribution in [0.25, 0.3) is 0 Å². The van der Waals surface area contributed by atoms with Crippen molar-refractivity contribution < 1.29 is 9.90 Å². The maximum absolute atomic E-state index is 11.4. The van der Waals surface area contributed by atoms with Crippen LogP contribution in [0.2, 0.25) is 0 Å². The SMILES string of the molecule is CCC(CCO)CNC(=O)CCCCBr. The van der Waals surface area contributed by atoms with Gasteiger partial charge in [-0.1, -0.05) is 29.3 Å². The number of amides is 1. The van der Waals surface area contributed by atoms with E-state index in [-0.39, 0.29) is 12.5 Å². The van der Waals surface area contributed by atoms with Crippen LogP contribution in [0.15, 0.2) is 0 Å². The fourth-order valence-electron chi connectivity index (χ4n) is 1.36. The number of carbonyl (C=O) groups is 1. The third-order valence-corrected chi connectivity index (χ3v) is 3.05. The Morgan fingerprint density at radius 3 is 2.73 bits per heavy atom. The monoisotopic (exact) mass is 279 g/mol. The van der Waals surface area contributed by atoms with Gasteiger partial charge in [-0.25, -0.2) is 0 Å². The van der Waals surface area contributed by atoms with Gasteiger partial charge < -0.3 is 10.4 Å². The molecule has 0 bridgehead atoms. The highest BCUT2D eigenvalue weighted by molar-refractivity contribution is 9.09. The van der Waals surface area contributed by atoms with Gasteiger partial charge in [-0.15, -0.1) is 0 Å². The number of rotatable bonds is 9. The Labute approximate surface area is 101 Å². The van der Waals surface area contributed by atoms with Crippen LogP contribution in [0.5, 0.6) is 0 Å². The molecule has 0 aliphatic rings. The third kappa shape index (κ3) is 8.88. The average molecular weight is 280 g/mol. The van der Waals surface area contributed by atoms with E-state index in [1.165, 1.54) is 0 Å². The van der Waals surface area contributed by atoms with E-state index in [4.69, 9.17) is 5.11 Å². The quantitative estimate of drug-likeness (QED) is 0.502. The van der Waals surface area contributed by atoms with Gasteiger partial charge >= 0.3 is 0 Å². The van der Waals surface area contributed by atoms with E-state index in [0.717, 1.165) is 31.0 Å². The zero-order valence-electron chi connectivity index (χ0n) is 9.47. The summed E-state index contributed by atoms with van der Waals surface area (Å²) in [5.41, 5.74) is 0. The summed E-state index contributed by atoms with van der Waals surface area (Å²) in [6, 6.07) is 0. The molecule has 1 atom stereocenters. The Bertz CT molecular complexity index is 165. The second-order valence-electron chi connectivity index (χ2n) is 3.74. The van der Waals surface area contributed by atoms with Crippen LogP contribution >= 0.6 is 15.9 Å². The summed E-state index contributed by atoms with van der Waals surface area (Å²) in [7, 11) is 0. The van der Waals surface area contributed by atoms with Gasteiger partial charge in [0.2, 0.25) is 5.91 Å². The Balaban J connectivity index is 3.50. The van der Waals surface area contributed by atoms with Crippen LogP contribution in [0.3, 0.4) is 0 Å². The maximum Gasteiger partial charge on any atom is 0.220 e. The molecule has 0 spiro atoms. The van der Waals surface area contributed by atoms with Gasteiger partial charge in [-0.2, -0.15) is 0 Å². The van der Waals surface area contributed by atoms with E-state index in [1.807, 2.05) is 0 Å². The first-order valence-corrected chi connectivity index (χ1v) is 6.80. The summed E-state index contributed by atoms with van der Waals surface area (Å²) in [5.74, 6) is 0.544. The number of unbranched alkanes of at least 4 members (excludes halogenated alkanes) is 1. The van der Waals surface area contributed by atoms with Crippen LogP contribution in [-0.2, 0) is 4.79 Å². The highest BCUT2D eigenvalue weighted by Crippen LogP contribution is 2.06. The summed E-state index contributed by atoms with van der Waals surface area (Å²) >= 11 is 3.33. The number of nitrogens with one attached hydrogen (secondary N) is 1. The van der Waals surface area contributed by atoms with Crippen molar-refractivity contribution in [3.05, 3.63) is 0 Å². The lowest BCUT2D eigenvalue weighted by atomic mass is 10.0. The number of halogens is 1. The van der Waals surface area contributed by atoms with Crippen molar-refractivity contribution in [2.75, 3.05) is 18.5 Å². The smallest absolute Gasteiger partial charge is 0.220 e. The molecule has 4 heteroatoms. The third-order valence-electron chi connectivity index (χ3n) is 2.49. The highest BCUT2D eigenvalue weighted by Gasteiger charge is 2.07. The molecule has 0 aromatic carbocycles. The Hall–Kier alpha value is -0.0900. The molecule has 90 valence electrons. The Kier molecular flexibility index (Phi) is 10.4. The summed E-state index contributed by atoms with van der Waals surface area (Å²) in [4.78, 5) is 11.4. The minimum Gasteiger partial charge on any atom is -0.396 e. The second kappa shape index (κ2) is 10.4. The number of aliphatic hydroxyl groups is 1. The van der Waals surface area contributed by atoms with Gasteiger partial charge in [-0.05, 0) is 25.2 Å². The van der Waals surface area contributed by atoms with Gasteiger partial charge in [-0.3, -0.25) is 4.79 Å². The average Bonchev–Trinajstić information content (AvgIpc) is 2.24. The largest absolute Gasteiger partial charge is 0.396 e. The summed E-state index contributed by atoms with van der Waals surface area (Å²) in [6.45, 7) is 2.99. The molecule has 0 saturated heterocycles. The predicted molar refractivity (Wildman–Crippen MR) is 66.1 cm³/mol. The predicted octanol–water partition coefficient (Wildman–Crippen LogP) is 2.08. The molecule has 1 unspecified atom stereocenters. The van der Waals surface area contributed by atoms with Crippen molar-refractivity contribution in [2.24, 2.45) is 5.92 Å². The van der Waals surface area contributed by atoms with E-state index in [1.54, 1.807) is 0 Å². The number of alkyl halides is 1. The number of hydrogen-bond donors (Lipinski definition) is 2. The van der Waals surface area contributed by atoms with Crippen LogP contribution in [0, 0.1) is 5.92 Å². The molecule has 0 aromatic heterocycles. The molecule has 2 N–H and O–H groups in total. The van der Waals surface area contributed by atoms with Crippen molar-refractivity contribution in [3.8, 4) is 0 Å². The molecule has 15 heavy (non-hydrogen) atoms. The van der Waals surface area contributed by atoms with Gasteiger partial charge in [0.25, 0.3) is 0 Å². The molecule has 1 amide bonds. The van der Waals surface area contributed by atoms with Crippen LogP contribution in [0.4, 0.5) is 0 Å². The number of carbonyl (C=O) groups excluding carboxylic acids is 1. The van der Waals surface area contributed by atoms with E-state index >= 15 is 0 Å². The summed E-state index contributed by atoms with van der Waals surface area (Å²) < 4.78 is 0. The number of hydrogen-bond acceptors (Lipinski definition) is 2. The minimum atomic E-state index is 0.132. The van der Waals surface area contributed by atoms with Crippen LogP contribution in [0.1, 0.15) is 39.0 Å². The first-order chi connectivity index (χ1) is 7.24. The number of aliphatic hydroxyl groups excluding tert-OH is 1. The topological polar surface area (TPSA) is 49.3 Å². The summed E-state index contributed by atoms with van der Waals surface area (Å²) in [5, 5.41) is 12.7. The van der Waals surface area contributed by atoms with E-state index in [9.17, 15) is 4.79 Å². The van der Waals surface area contributed by atoms with Crippen molar-refractivity contribution in [1.82, 2.24) is 5.32 Å². The molecular formula is C11H22BrNO2. The lowest BCUT2D eigenvalue weighted by Gasteiger charge is -2.14. The van der Waals surface area contributed by atoms with Crippen molar-refractivity contribution in [3.63, 3.8) is 0 Å². The molecule has 0 heterocycles. The Morgan fingerprint density at radius 2 is 2.20 bits per heavy atom. The molecule has 3 nitrogen and oxygen atoms in total. The minimum absolute atomic E-state index is 0.132. The first-order valence-electron chi connectivity index (χ1n) is 5.68. The van der Waals surface area contributed by atoms with E-state index in [0.29, 0.717) is 18.9 Å². The second-order valence-corrected chi connectivity index (χ2v) is 4.53. The molecule has 0 rings (SSSR count). The zero-order chi connectivity index (χ0) is 11.5. The normalized spacial score (nSPS) is 12.5. The van der Waals surface area contributed by atoms with Gasteiger partial charge in [0.1, 0.15) is 0 Å². The lowest BCUT2D eigenvalue weighted by Crippen LogP contribution is -2.29. The maximum atomic E-state index is 11.4. The van der Waals surface area contributed by atoms with E-state index < -0.39 is 0 Å². The molecule has 0 fully saturated rings. The molecule has 0 aromatic rings. The first kappa shape index (κ1) is 14.9. The van der Waals surface area contributed by atoms with Crippen LogP contribution < -0.4 is 5.32 Å².